The second-order valence-electron chi connectivity index (χ2n) is 7.44. The number of pyridine rings is 1. The second kappa shape index (κ2) is 9.77. The summed E-state index contributed by atoms with van der Waals surface area (Å²) in [5.41, 5.74) is 5.26. The molecular formula is C25H21F3N2O3. The van der Waals surface area contributed by atoms with E-state index in [1.807, 2.05) is 24.3 Å². The van der Waals surface area contributed by atoms with Crippen molar-refractivity contribution in [2.45, 2.75) is 12.1 Å². The summed E-state index contributed by atoms with van der Waals surface area (Å²) in [7, 11) is 0. The van der Waals surface area contributed by atoms with Gasteiger partial charge in [-0.2, -0.15) is 13.2 Å². The molecule has 0 atom stereocenters. The largest absolute Gasteiger partial charge is 0.468 e. The van der Waals surface area contributed by atoms with E-state index in [1.54, 1.807) is 18.2 Å². The maximum absolute atomic E-state index is 12.2. The molecule has 33 heavy (non-hydrogen) atoms. The van der Waals surface area contributed by atoms with Gasteiger partial charge < -0.3 is 14.8 Å². The van der Waals surface area contributed by atoms with E-state index in [9.17, 15) is 18.0 Å². The zero-order valence-electron chi connectivity index (χ0n) is 17.5. The van der Waals surface area contributed by atoms with Crippen LogP contribution in [0, 0.1) is 0 Å². The Morgan fingerprint density at radius 2 is 1.67 bits per heavy atom. The second-order valence-corrected chi connectivity index (χ2v) is 7.44. The fraction of sp³-hybridized carbons (Fsp3) is 0.200. The SMILES string of the molecule is O=C(NCC=Cc1ccc(OCC(F)(F)F)nc1)OCC1c2ccccc2-c2ccccc21. The number of nitrogens with one attached hydrogen (secondary N) is 1. The molecule has 1 heterocycles. The number of carbonyl (C=O) groups is 1. The first-order valence-corrected chi connectivity index (χ1v) is 10.3. The molecule has 0 bridgehead atoms. The van der Waals surface area contributed by atoms with E-state index in [2.05, 4.69) is 39.3 Å². The van der Waals surface area contributed by atoms with Crippen LogP contribution in [-0.2, 0) is 4.74 Å². The molecule has 0 saturated carbocycles. The molecule has 0 radical (unpaired) electrons. The van der Waals surface area contributed by atoms with Crippen LogP contribution in [0.25, 0.3) is 17.2 Å². The number of hydrogen-bond donors (Lipinski definition) is 1. The first kappa shape index (κ1) is 22.4. The average Bonchev–Trinajstić information content (AvgIpc) is 3.13. The Morgan fingerprint density at radius 1 is 1.00 bits per heavy atom. The Kier molecular flexibility index (Phi) is 6.63. The van der Waals surface area contributed by atoms with Crippen molar-refractivity contribution in [1.29, 1.82) is 0 Å². The van der Waals surface area contributed by atoms with Gasteiger partial charge >= 0.3 is 12.3 Å². The molecule has 0 spiro atoms. The Hall–Kier alpha value is -3.81. The van der Waals surface area contributed by atoms with Crippen LogP contribution in [0.3, 0.4) is 0 Å². The average molecular weight is 454 g/mol. The maximum Gasteiger partial charge on any atom is 0.422 e. The third-order valence-electron chi connectivity index (χ3n) is 5.16. The highest BCUT2D eigenvalue weighted by molar-refractivity contribution is 5.79. The molecule has 1 aliphatic rings. The van der Waals surface area contributed by atoms with Gasteiger partial charge in [-0.05, 0) is 33.9 Å². The van der Waals surface area contributed by atoms with Gasteiger partial charge in [0, 0.05) is 24.7 Å². The van der Waals surface area contributed by atoms with E-state index >= 15 is 0 Å². The van der Waals surface area contributed by atoms with Crippen molar-refractivity contribution in [2.24, 2.45) is 0 Å². The van der Waals surface area contributed by atoms with Crippen LogP contribution in [0.15, 0.2) is 72.9 Å². The summed E-state index contributed by atoms with van der Waals surface area (Å²) in [6.45, 7) is -0.935. The number of amides is 1. The van der Waals surface area contributed by atoms with E-state index in [4.69, 9.17) is 4.74 Å². The van der Waals surface area contributed by atoms with Crippen LogP contribution >= 0.6 is 0 Å². The first-order chi connectivity index (χ1) is 15.9. The predicted octanol–water partition coefficient (Wildman–Crippen LogP) is 5.57. The number of nitrogens with zero attached hydrogens (tertiary/aromatic N) is 1. The summed E-state index contributed by atoms with van der Waals surface area (Å²) in [6.07, 6.45) is -0.185. The molecule has 1 amide bonds. The minimum absolute atomic E-state index is 0.0113. The van der Waals surface area contributed by atoms with E-state index in [-0.39, 0.29) is 24.9 Å². The lowest BCUT2D eigenvalue weighted by Gasteiger charge is -2.14. The molecule has 1 N–H and O–H groups in total. The number of alkyl halides is 3. The van der Waals surface area contributed by atoms with E-state index < -0.39 is 18.9 Å². The lowest BCUT2D eigenvalue weighted by molar-refractivity contribution is -0.154. The topological polar surface area (TPSA) is 60.5 Å². The fourth-order valence-electron chi connectivity index (χ4n) is 3.72. The molecule has 0 fully saturated rings. The monoisotopic (exact) mass is 454 g/mol. The summed E-state index contributed by atoms with van der Waals surface area (Å²) in [4.78, 5) is 16.0. The molecule has 2 aromatic carbocycles. The summed E-state index contributed by atoms with van der Waals surface area (Å²) in [5, 5.41) is 2.66. The summed E-state index contributed by atoms with van der Waals surface area (Å²) >= 11 is 0. The standard InChI is InChI=1S/C25H21F3N2O3/c26-25(27,28)16-33-23-12-11-17(14-30-23)6-5-13-29-24(31)32-15-22-20-9-3-1-7-18(20)19-8-2-4-10-21(19)22/h1-12,14,22H,13,15-16H2,(H,29,31). The molecule has 4 rings (SSSR count). The molecule has 8 heteroatoms. The summed E-state index contributed by atoms with van der Waals surface area (Å²) < 4.78 is 46.5. The molecule has 0 saturated heterocycles. The number of halogens is 3. The van der Waals surface area contributed by atoms with E-state index in [0.29, 0.717) is 5.56 Å². The number of hydrogen-bond acceptors (Lipinski definition) is 4. The van der Waals surface area contributed by atoms with Gasteiger partial charge in [-0.3, -0.25) is 0 Å². The molecule has 3 aromatic rings. The van der Waals surface area contributed by atoms with Crippen LogP contribution in [-0.4, -0.2) is 37.0 Å². The van der Waals surface area contributed by atoms with Gasteiger partial charge in [0.2, 0.25) is 5.88 Å². The van der Waals surface area contributed by atoms with Crippen molar-refractivity contribution in [3.05, 3.63) is 89.6 Å². The minimum atomic E-state index is -4.41. The van der Waals surface area contributed by atoms with Gasteiger partial charge in [0.15, 0.2) is 6.61 Å². The number of aromatic nitrogens is 1. The Morgan fingerprint density at radius 3 is 2.27 bits per heavy atom. The lowest BCUT2D eigenvalue weighted by atomic mass is 9.98. The van der Waals surface area contributed by atoms with Crippen molar-refractivity contribution >= 4 is 12.2 Å². The quantitative estimate of drug-likeness (QED) is 0.507. The van der Waals surface area contributed by atoms with Crippen LogP contribution in [0.5, 0.6) is 5.88 Å². The Bertz CT molecular complexity index is 1100. The smallest absolute Gasteiger partial charge is 0.422 e. The molecule has 5 nitrogen and oxygen atoms in total. The van der Waals surface area contributed by atoms with Gasteiger partial charge in [-0.25, -0.2) is 9.78 Å². The molecule has 0 unspecified atom stereocenters. The van der Waals surface area contributed by atoms with Crippen molar-refractivity contribution in [3.8, 4) is 17.0 Å². The molecular weight excluding hydrogens is 433 g/mol. The number of carbonyl (C=O) groups excluding carboxylic acids is 1. The zero-order chi connectivity index (χ0) is 23.3. The molecule has 1 aromatic heterocycles. The Balaban J connectivity index is 1.25. The van der Waals surface area contributed by atoms with E-state index in [0.717, 1.165) is 22.3 Å². The first-order valence-electron chi connectivity index (χ1n) is 10.3. The Labute approximate surface area is 188 Å². The number of fused-ring (bicyclic) bond motifs is 3. The lowest BCUT2D eigenvalue weighted by Crippen LogP contribution is -2.26. The number of benzene rings is 2. The predicted molar refractivity (Wildman–Crippen MR) is 118 cm³/mol. The van der Waals surface area contributed by atoms with Crippen molar-refractivity contribution in [3.63, 3.8) is 0 Å². The number of ether oxygens (including phenoxy) is 2. The molecule has 0 aliphatic heterocycles. The highest BCUT2D eigenvalue weighted by atomic mass is 19.4. The maximum atomic E-state index is 12.2. The van der Waals surface area contributed by atoms with Crippen LogP contribution in [0.1, 0.15) is 22.6 Å². The highest BCUT2D eigenvalue weighted by Crippen LogP contribution is 2.44. The molecule has 1 aliphatic carbocycles. The van der Waals surface area contributed by atoms with Crippen molar-refractivity contribution in [1.82, 2.24) is 10.3 Å². The zero-order valence-corrected chi connectivity index (χ0v) is 17.5. The van der Waals surface area contributed by atoms with Gasteiger partial charge in [0.25, 0.3) is 0 Å². The van der Waals surface area contributed by atoms with Crippen molar-refractivity contribution in [2.75, 3.05) is 19.8 Å². The van der Waals surface area contributed by atoms with Gasteiger partial charge in [-0.15, -0.1) is 0 Å². The van der Waals surface area contributed by atoms with Crippen LogP contribution in [0.4, 0.5) is 18.0 Å². The third kappa shape index (κ3) is 5.71. The number of rotatable bonds is 7. The summed E-state index contributed by atoms with van der Waals surface area (Å²) in [5.74, 6) is -0.121. The summed E-state index contributed by atoms with van der Waals surface area (Å²) in [6, 6.07) is 19.1. The van der Waals surface area contributed by atoms with Crippen LogP contribution < -0.4 is 10.1 Å². The highest BCUT2D eigenvalue weighted by Gasteiger charge is 2.29. The van der Waals surface area contributed by atoms with Gasteiger partial charge in [0.05, 0.1) is 0 Å². The normalized spacial score (nSPS) is 12.9. The molecule has 170 valence electrons. The third-order valence-corrected chi connectivity index (χ3v) is 5.16. The van der Waals surface area contributed by atoms with Crippen molar-refractivity contribution < 1.29 is 27.4 Å². The number of alkyl carbamates (subject to hydrolysis) is 1. The van der Waals surface area contributed by atoms with Gasteiger partial charge in [0.1, 0.15) is 6.61 Å². The minimum Gasteiger partial charge on any atom is -0.468 e. The van der Waals surface area contributed by atoms with Crippen LogP contribution in [0.2, 0.25) is 0 Å². The van der Waals surface area contributed by atoms with E-state index in [1.165, 1.54) is 12.3 Å². The fourth-order valence-corrected chi connectivity index (χ4v) is 3.72. The van der Waals surface area contributed by atoms with Gasteiger partial charge in [-0.1, -0.05) is 60.7 Å².